The van der Waals surface area contributed by atoms with Crippen molar-refractivity contribution in [2.45, 2.75) is 0 Å². The highest BCUT2D eigenvalue weighted by Gasteiger charge is 2.16. The number of nitro groups is 2. The molecule has 3 rings (SSSR count). The highest BCUT2D eigenvalue weighted by molar-refractivity contribution is 6.34. The molecule has 0 aliphatic carbocycles. The Labute approximate surface area is 163 Å². The molecular weight excluding hydrogens is 386 g/mol. The predicted octanol–water partition coefficient (Wildman–Crippen LogP) is 5.08. The molecule has 3 aromatic rings. The Balaban J connectivity index is 1.80. The van der Waals surface area contributed by atoms with E-state index in [9.17, 15) is 25.0 Å². The zero-order valence-electron chi connectivity index (χ0n) is 14.2. The molecule has 0 saturated heterocycles. The van der Waals surface area contributed by atoms with E-state index in [1.165, 1.54) is 24.3 Å². The van der Waals surface area contributed by atoms with E-state index in [1.54, 1.807) is 36.4 Å². The Kier molecular flexibility index (Phi) is 5.32. The van der Waals surface area contributed by atoms with Crippen molar-refractivity contribution in [3.63, 3.8) is 0 Å². The minimum atomic E-state index is -0.610. The van der Waals surface area contributed by atoms with Crippen molar-refractivity contribution in [3.05, 3.63) is 97.5 Å². The molecule has 9 heteroatoms. The van der Waals surface area contributed by atoms with Crippen molar-refractivity contribution >= 4 is 34.6 Å². The maximum absolute atomic E-state index is 12.4. The van der Waals surface area contributed by atoms with E-state index < -0.39 is 15.8 Å². The molecule has 0 bridgehead atoms. The average Bonchev–Trinajstić information content (AvgIpc) is 2.68. The summed E-state index contributed by atoms with van der Waals surface area (Å²) in [6.07, 6.45) is 0. The second kappa shape index (κ2) is 7.85. The summed E-state index contributed by atoms with van der Waals surface area (Å²) in [5.74, 6) is -0.586. The quantitative estimate of drug-likeness (QED) is 0.476. The first-order chi connectivity index (χ1) is 13.3. The van der Waals surface area contributed by atoms with Crippen molar-refractivity contribution < 1.29 is 14.6 Å². The summed E-state index contributed by atoms with van der Waals surface area (Å²) >= 11 is 5.97. The van der Waals surface area contributed by atoms with Crippen molar-refractivity contribution in [2.24, 2.45) is 0 Å². The van der Waals surface area contributed by atoms with Gasteiger partial charge in [-0.1, -0.05) is 35.9 Å². The van der Waals surface area contributed by atoms with Gasteiger partial charge in [-0.25, -0.2) is 0 Å². The van der Waals surface area contributed by atoms with Gasteiger partial charge in [-0.15, -0.1) is 0 Å². The zero-order chi connectivity index (χ0) is 20.3. The number of benzene rings is 3. The first-order valence-electron chi connectivity index (χ1n) is 7.95. The van der Waals surface area contributed by atoms with Gasteiger partial charge in [-0.05, 0) is 29.3 Å². The third kappa shape index (κ3) is 4.13. The Morgan fingerprint density at radius 2 is 1.46 bits per heavy atom. The fourth-order valence-corrected chi connectivity index (χ4v) is 2.75. The van der Waals surface area contributed by atoms with Gasteiger partial charge in [0.2, 0.25) is 0 Å². The van der Waals surface area contributed by atoms with Crippen LogP contribution in [0.1, 0.15) is 10.4 Å². The Morgan fingerprint density at radius 3 is 2.11 bits per heavy atom. The Bertz CT molecular complexity index is 1080. The lowest BCUT2D eigenvalue weighted by atomic mass is 10.0. The smallest absolute Gasteiger partial charge is 0.270 e. The molecule has 0 atom stereocenters. The topological polar surface area (TPSA) is 115 Å². The summed E-state index contributed by atoms with van der Waals surface area (Å²) in [7, 11) is 0. The fraction of sp³-hybridized carbons (Fsp3) is 0. The maximum Gasteiger partial charge on any atom is 0.270 e. The van der Waals surface area contributed by atoms with Gasteiger partial charge in [-0.3, -0.25) is 25.0 Å². The van der Waals surface area contributed by atoms with Crippen LogP contribution in [0.4, 0.5) is 17.1 Å². The van der Waals surface area contributed by atoms with E-state index in [1.807, 2.05) is 0 Å². The largest absolute Gasteiger partial charge is 0.322 e. The van der Waals surface area contributed by atoms with E-state index in [2.05, 4.69) is 5.32 Å². The van der Waals surface area contributed by atoms with E-state index in [0.29, 0.717) is 11.3 Å². The molecule has 3 aromatic carbocycles. The molecular formula is C19H12ClN3O5. The zero-order valence-corrected chi connectivity index (χ0v) is 14.9. The van der Waals surface area contributed by atoms with Gasteiger partial charge in [0.15, 0.2) is 0 Å². The van der Waals surface area contributed by atoms with Gasteiger partial charge in [0.1, 0.15) is 0 Å². The molecule has 8 nitrogen and oxygen atoms in total. The molecule has 0 heterocycles. The number of halogens is 1. The summed E-state index contributed by atoms with van der Waals surface area (Å²) in [4.78, 5) is 33.1. The number of nitrogens with zero attached hydrogens (tertiary/aromatic N) is 2. The minimum absolute atomic E-state index is 0.0152. The number of hydrogen-bond donors (Lipinski definition) is 1. The number of anilines is 1. The lowest BCUT2D eigenvalue weighted by molar-refractivity contribution is -0.385. The van der Waals surface area contributed by atoms with Crippen LogP contribution in [0.5, 0.6) is 0 Å². The van der Waals surface area contributed by atoms with Crippen molar-refractivity contribution in [1.82, 2.24) is 0 Å². The van der Waals surface area contributed by atoms with Crippen molar-refractivity contribution in [3.8, 4) is 11.1 Å². The molecule has 0 spiro atoms. The molecule has 28 heavy (non-hydrogen) atoms. The summed E-state index contributed by atoms with van der Waals surface area (Å²) in [5.41, 5.74) is 1.56. The van der Waals surface area contributed by atoms with E-state index in [0.717, 1.165) is 11.6 Å². The van der Waals surface area contributed by atoms with Gasteiger partial charge in [0.25, 0.3) is 17.3 Å². The highest BCUT2D eigenvalue weighted by atomic mass is 35.5. The number of non-ortho nitro benzene ring substituents is 2. The van der Waals surface area contributed by atoms with Crippen molar-refractivity contribution in [1.29, 1.82) is 0 Å². The molecule has 0 aliphatic heterocycles. The van der Waals surface area contributed by atoms with Crippen LogP contribution in [-0.4, -0.2) is 15.8 Å². The molecule has 0 saturated carbocycles. The van der Waals surface area contributed by atoms with Crippen LogP contribution < -0.4 is 5.32 Å². The lowest BCUT2D eigenvalue weighted by Crippen LogP contribution is -2.12. The summed E-state index contributed by atoms with van der Waals surface area (Å²) in [5, 5.41) is 24.5. The number of rotatable bonds is 5. The van der Waals surface area contributed by atoms with Crippen LogP contribution in [0.3, 0.4) is 0 Å². The Hall–Kier alpha value is -3.78. The van der Waals surface area contributed by atoms with Gasteiger partial charge < -0.3 is 5.32 Å². The van der Waals surface area contributed by atoms with Gasteiger partial charge in [0, 0.05) is 30.0 Å². The third-order valence-electron chi connectivity index (χ3n) is 3.94. The number of nitro benzene ring substituents is 2. The number of nitrogens with one attached hydrogen (secondary N) is 1. The van der Waals surface area contributed by atoms with Gasteiger partial charge in [-0.2, -0.15) is 0 Å². The number of carbonyl (C=O) groups is 1. The van der Waals surface area contributed by atoms with E-state index in [4.69, 9.17) is 11.6 Å². The molecule has 140 valence electrons. The first kappa shape index (κ1) is 19.0. The molecule has 0 aliphatic rings. The van der Waals surface area contributed by atoms with Crippen molar-refractivity contribution in [2.75, 3.05) is 5.32 Å². The van der Waals surface area contributed by atoms with Crippen LogP contribution in [0.2, 0.25) is 5.02 Å². The monoisotopic (exact) mass is 397 g/mol. The van der Waals surface area contributed by atoms with Crippen LogP contribution in [0, 0.1) is 20.2 Å². The fourth-order valence-electron chi connectivity index (χ4n) is 2.54. The molecule has 0 unspecified atom stereocenters. The highest BCUT2D eigenvalue weighted by Crippen LogP contribution is 2.26. The summed E-state index contributed by atoms with van der Waals surface area (Å²) in [6.45, 7) is 0. The second-order valence-electron chi connectivity index (χ2n) is 5.76. The normalized spacial score (nSPS) is 10.3. The maximum atomic E-state index is 12.4. The predicted molar refractivity (Wildman–Crippen MR) is 105 cm³/mol. The average molecular weight is 398 g/mol. The summed E-state index contributed by atoms with van der Waals surface area (Å²) in [6, 6.07) is 16.4. The van der Waals surface area contributed by atoms with Crippen LogP contribution in [0.25, 0.3) is 11.1 Å². The Morgan fingerprint density at radius 1 is 0.821 bits per heavy atom. The van der Waals surface area contributed by atoms with E-state index >= 15 is 0 Å². The second-order valence-corrected chi connectivity index (χ2v) is 6.17. The third-order valence-corrected chi connectivity index (χ3v) is 4.27. The summed E-state index contributed by atoms with van der Waals surface area (Å²) < 4.78 is 0. The minimum Gasteiger partial charge on any atom is -0.322 e. The molecule has 0 radical (unpaired) electrons. The van der Waals surface area contributed by atoms with Gasteiger partial charge >= 0.3 is 0 Å². The molecule has 1 N–H and O–H groups in total. The molecule has 0 fully saturated rings. The van der Waals surface area contributed by atoms with Crippen LogP contribution in [0.15, 0.2) is 66.7 Å². The first-order valence-corrected chi connectivity index (χ1v) is 8.33. The number of amides is 1. The SMILES string of the molecule is O=C(Nc1ccc(-c2cccc([N+](=O)[O-])c2)cc1)c1cc([N+](=O)[O-])ccc1Cl. The van der Waals surface area contributed by atoms with E-state index in [-0.39, 0.29) is 22.0 Å². The standard InChI is InChI=1S/C19H12ClN3O5/c20-18-9-8-16(23(27)28)11-17(18)19(24)21-14-6-4-12(5-7-14)13-2-1-3-15(10-13)22(25)26/h1-11H,(H,21,24). The van der Waals surface area contributed by atoms with Gasteiger partial charge in [0.05, 0.1) is 20.4 Å². The molecule has 1 amide bonds. The van der Waals surface area contributed by atoms with Crippen LogP contribution in [-0.2, 0) is 0 Å². The lowest BCUT2D eigenvalue weighted by Gasteiger charge is -2.08. The number of carbonyl (C=O) groups excluding carboxylic acids is 1. The van der Waals surface area contributed by atoms with Crippen LogP contribution >= 0.6 is 11.6 Å². The number of hydrogen-bond acceptors (Lipinski definition) is 5. The molecule has 0 aromatic heterocycles.